The third-order valence-electron chi connectivity index (χ3n) is 3.39. The van der Waals surface area contributed by atoms with E-state index in [1.165, 1.54) is 0 Å². The first-order valence-corrected chi connectivity index (χ1v) is 8.66. The molecule has 2 rings (SSSR count). The summed E-state index contributed by atoms with van der Waals surface area (Å²) in [5, 5.41) is 12.9. The van der Waals surface area contributed by atoms with E-state index in [1.807, 2.05) is 30.3 Å². The fraction of sp³-hybridized carbons (Fsp3) is 0.235. The molecule has 0 saturated carbocycles. The molecule has 2 N–H and O–H groups in total. The minimum absolute atomic E-state index is 0.0237. The van der Waals surface area contributed by atoms with E-state index in [-0.39, 0.29) is 23.3 Å². The number of phenolic OH excluding ortho intramolecular Hbond substituents is 1. The molecule has 2 aromatic rings. The minimum Gasteiger partial charge on any atom is -0.507 e. The second-order valence-corrected chi connectivity index (χ2v) is 6.63. The first kappa shape index (κ1) is 16.2. The fourth-order valence-corrected chi connectivity index (χ4v) is 2.96. The minimum atomic E-state index is -1.06. The number of phenols is 1. The van der Waals surface area contributed by atoms with Gasteiger partial charge in [-0.15, -0.1) is 0 Å². The molecule has 0 bridgehead atoms. The van der Waals surface area contributed by atoms with Crippen molar-refractivity contribution < 1.29 is 14.1 Å². The van der Waals surface area contributed by atoms with Gasteiger partial charge >= 0.3 is 0 Å². The van der Waals surface area contributed by atoms with Crippen molar-refractivity contribution in [2.45, 2.75) is 13.0 Å². The highest BCUT2D eigenvalue weighted by atomic mass is 32.2. The second kappa shape index (κ2) is 7.22. The van der Waals surface area contributed by atoms with Crippen LogP contribution in [0.15, 0.2) is 48.5 Å². The molecule has 0 spiro atoms. The topological polar surface area (TPSA) is 66.4 Å². The van der Waals surface area contributed by atoms with Crippen LogP contribution in [-0.4, -0.2) is 27.2 Å². The smallest absolute Gasteiger partial charge is 0.255 e. The van der Waals surface area contributed by atoms with Crippen LogP contribution in [0.25, 0.3) is 0 Å². The van der Waals surface area contributed by atoms with Gasteiger partial charge in [0.25, 0.3) is 5.91 Å². The summed E-state index contributed by atoms with van der Waals surface area (Å²) in [6, 6.07) is 14.1. The van der Waals surface area contributed by atoms with Crippen LogP contribution in [0, 0.1) is 6.92 Å². The predicted octanol–water partition coefficient (Wildman–Crippen LogP) is 2.55. The Hall–Kier alpha value is -2.14. The van der Waals surface area contributed by atoms with E-state index in [4.69, 9.17) is 0 Å². The first-order valence-electron chi connectivity index (χ1n) is 6.93. The SMILES string of the molecule is Cc1cccc(C(=O)N[C@@H](C[S@@](C)=O)c2ccccc2)c1O. The van der Waals surface area contributed by atoms with Gasteiger partial charge in [0.05, 0.1) is 11.6 Å². The molecule has 0 unspecified atom stereocenters. The van der Waals surface area contributed by atoms with Crippen molar-refractivity contribution in [1.82, 2.24) is 5.32 Å². The van der Waals surface area contributed by atoms with Gasteiger partial charge in [-0.05, 0) is 24.1 Å². The maximum atomic E-state index is 12.4. The number of hydrogen-bond acceptors (Lipinski definition) is 3. The van der Waals surface area contributed by atoms with Gasteiger partial charge in [0, 0.05) is 22.8 Å². The zero-order valence-corrected chi connectivity index (χ0v) is 13.4. The molecule has 4 nitrogen and oxygen atoms in total. The van der Waals surface area contributed by atoms with Crippen molar-refractivity contribution >= 4 is 16.7 Å². The monoisotopic (exact) mass is 317 g/mol. The second-order valence-electron chi connectivity index (χ2n) is 5.15. The molecule has 2 atom stereocenters. The molecule has 0 saturated heterocycles. The summed E-state index contributed by atoms with van der Waals surface area (Å²) in [5.41, 5.74) is 1.75. The van der Waals surface area contributed by atoms with Crippen LogP contribution in [0.3, 0.4) is 0 Å². The third-order valence-corrected chi connectivity index (χ3v) is 4.19. The van der Waals surface area contributed by atoms with Gasteiger partial charge in [-0.25, -0.2) is 0 Å². The molecule has 0 aromatic heterocycles. The van der Waals surface area contributed by atoms with Gasteiger partial charge in [0.15, 0.2) is 0 Å². The molecule has 0 aliphatic carbocycles. The zero-order chi connectivity index (χ0) is 16.1. The van der Waals surface area contributed by atoms with Crippen LogP contribution in [0.1, 0.15) is 27.5 Å². The normalized spacial score (nSPS) is 13.4. The van der Waals surface area contributed by atoms with E-state index in [1.54, 1.807) is 31.4 Å². The lowest BCUT2D eigenvalue weighted by molar-refractivity contribution is 0.0937. The van der Waals surface area contributed by atoms with Crippen LogP contribution in [0.4, 0.5) is 0 Å². The first-order chi connectivity index (χ1) is 10.5. The lowest BCUT2D eigenvalue weighted by Gasteiger charge is -2.19. The molecule has 1 amide bonds. The summed E-state index contributed by atoms with van der Waals surface area (Å²) >= 11 is 0. The van der Waals surface area contributed by atoms with E-state index in [9.17, 15) is 14.1 Å². The Labute approximate surface area is 132 Å². The molecule has 0 fully saturated rings. The van der Waals surface area contributed by atoms with Crippen LogP contribution in [0.5, 0.6) is 5.75 Å². The van der Waals surface area contributed by atoms with Gasteiger partial charge < -0.3 is 10.4 Å². The van der Waals surface area contributed by atoms with E-state index < -0.39 is 10.8 Å². The van der Waals surface area contributed by atoms with Crippen molar-refractivity contribution in [2.24, 2.45) is 0 Å². The number of amides is 1. The van der Waals surface area contributed by atoms with Gasteiger partial charge in [-0.2, -0.15) is 0 Å². The van der Waals surface area contributed by atoms with E-state index in [2.05, 4.69) is 5.32 Å². The van der Waals surface area contributed by atoms with E-state index in [0.717, 1.165) is 5.56 Å². The summed E-state index contributed by atoms with van der Waals surface area (Å²) in [5.74, 6) is -0.0765. The summed E-state index contributed by atoms with van der Waals surface area (Å²) in [7, 11) is -1.06. The van der Waals surface area contributed by atoms with Crippen molar-refractivity contribution in [2.75, 3.05) is 12.0 Å². The highest BCUT2D eigenvalue weighted by Gasteiger charge is 2.19. The lowest BCUT2D eigenvalue weighted by Crippen LogP contribution is -2.32. The number of aromatic hydroxyl groups is 1. The van der Waals surface area contributed by atoms with Crippen molar-refractivity contribution in [3.63, 3.8) is 0 Å². The van der Waals surface area contributed by atoms with Crippen molar-refractivity contribution in [3.8, 4) is 5.75 Å². The third kappa shape index (κ3) is 3.95. The average molecular weight is 317 g/mol. The number of nitrogens with one attached hydrogen (secondary N) is 1. The molecule has 5 heteroatoms. The molecule has 116 valence electrons. The average Bonchev–Trinajstić information content (AvgIpc) is 2.49. The molecule has 0 radical (unpaired) electrons. The number of rotatable bonds is 5. The molecule has 22 heavy (non-hydrogen) atoms. The summed E-state index contributed by atoms with van der Waals surface area (Å²) < 4.78 is 11.6. The number of benzene rings is 2. The van der Waals surface area contributed by atoms with Crippen LogP contribution < -0.4 is 5.32 Å². The Morgan fingerprint density at radius 3 is 2.50 bits per heavy atom. The zero-order valence-electron chi connectivity index (χ0n) is 12.6. The molecule has 0 aliphatic heterocycles. The van der Waals surface area contributed by atoms with Gasteiger partial charge in [-0.1, -0.05) is 42.5 Å². The summed E-state index contributed by atoms with van der Waals surface area (Å²) in [6.45, 7) is 1.74. The van der Waals surface area contributed by atoms with Crippen LogP contribution in [-0.2, 0) is 10.8 Å². The Kier molecular flexibility index (Phi) is 5.33. The summed E-state index contributed by atoms with van der Waals surface area (Å²) in [4.78, 5) is 12.4. The lowest BCUT2D eigenvalue weighted by atomic mass is 10.1. The summed E-state index contributed by atoms with van der Waals surface area (Å²) in [6.07, 6.45) is 1.60. The van der Waals surface area contributed by atoms with Crippen LogP contribution in [0.2, 0.25) is 0 Å². The molecular formula is C17H19NO3S. The van der Waals surface area contributed by atoms with Gasteiger partial charge in [0.2, 0.25) is 0 Å². The Morgan fingerprint density at radius 1 is 1.18 bits per heavy atom. The predicted molar refractivity (Wildman–Crippen MR) is 88.4 cm³/mol. The van der Waals surface area contributed by atoms with E-state index >= 15 is 0 Å². The van der Waals surface area contributed by atoms with Crippen molar-refractivity contribution in [1.29, 1.82) is 0 Å². The highest BCUT2D eigenvalue weighted by Crippen LogP contribution is 2.22. The molecule has 0 heterocycles. The number of para-hydroxylation sites is 1. The fourth-order valence-electron chi connectivity index (χ4n) is 2.22. The van der Waals surface area contributed by atoms with Crippen LogP contribution >= 0.6 is 0 Å². The van der Waals surface area contributed by atoms with Crippen molar-refractivity contribution in [3.05, 3.63) is 65.2 Å². The standard InChI is InChI=1S/C17H19NO3S/c1-12-7-6-10-14(16(12)19)17(20)18-15(11-22(2)21)13-8-4-3-5-9-13/h3-10,15,19H,11H2,1-2H3,(H,18,20)/t15-,22+/m0/s1. The quantitative estimate of drug-likeness (QED) is 0.890. The van der Waals surface area contributed by atoms with Gasteiger partial charge in [-0.3, -0.25) is 9.00 Å². The largest absolute Gasteiger partial charge is 0.507 e. The number of hydrogen-bond donors (Lipinski definition) is 2. The molecule has 0 aliphatic rings. The van der Waals surface area contributed by atoms with E-state index in [0.29, 0.717) is 11.3 Å². The molecular weight excluding hydrogens is 298 g/mol. The Bertz CT molecular complexity index is 686. The highest BCUT2D eigenvalue weighted by molar-refractivity contribution is 7.84. The maximum Gasteiger partial charge on any atom is 0.255 e. The number of carbonyl (C=O) groups excluding carboxylic acids is 1. The number of aryl methyl sites for hydroxylation is 1. The molecule has 2 aromatic carbocycles. The Morgan fingerprint density at radius 2 is 1.86 bits per heavy atom. The number of carbonyl (C=O) groups is 1. The van der Waals surface area contributed by atoms with Gasteiger partial charge in [0.1, 0.15) is 5.75 Å². The Balaban J connectivity index is 2.25. The maximum absolute atomic E-state index is 12.4.